The molecule has 0 N–H and O–H groups in total. The molecule has 2 aliphatic heterocycles. The van der Waals surface area contributed by atoms with Crippen LogP contribution in [0.2, 0.25) is 10.0 Å². The highest BCUT2D eigenvalue weighted by Gasteiger charge is 2.36. The molecule has 1 aromatic heterocycles. The number of carbonyl (C=O) groups is 2. The number of nitrogens with zero attached hydrogens (tertiary/aromatic N) is 4. The summed E-state index contributed by atoms with van der Waals surface area (Å²) in [7, 11) is 1.50. The van der Waals surface area contributed by atoms with E-state index in [0.717, 1.165) is 6.07 Å². The van der Waals surface area contributed by atoms with Crippen molar-refractivity contribution in [3.63, 3.8) is 0 Å². The van der Waals surface area contributed by atoms with E-state index in [0.29, 0.717) is 42.0 Å². The second-order valence-corrected chi connectivity index (χ2v) is 8.30. The van der Waals surface area contributed by atoms with Gasteiger partial charge in [-0.15, -0.1) is 0 Å². The third-order valence-electron chi connectivity index (χ3n) is 5.43. The summed E-state index contributed by atoms with van der Waals surface area (Å²) in [6.07, 6.45) is 0.883. The fraction of sp³-hybridized carbons (Fsp3) is 0.381. The zero-order valence-corrected chi connectivity index (χ0v) is 18.8. The van der Waals surface area contributed by atoms with Gasteiger partial charge in [-0.1, -0.05) is 23.2 Å². The van der Waals surface area contributed by atoms with E-state index < -0.39 is 18.0 Å². The van der Waals surface area contributed by atoms with Crippen LogP contribution in [0, 0.1) is 5.82 Å². The minimum atomic E-state index is -0.674. The molecular formula is C21H21Cl2FN4O4. The van der Waals surface area contributed by atoms with Gasteiger partial charge in [-0.3, -0.25) is 9.69 Å². The first-order chi connectivity index (χ1) is 15.4. The quantitative estimate of drug-likeness (QED) is 0.649. The van der Waals surface area contributed by atoms with Gasteiger partial charge in [-0.25, -0.2) is 14.2 Å². The Morgan fingerprint density at radius 2 is 2.00 bits per heavy atom. The molecule has 8 nitrogen and oxygen atoms in total. The van der Waals surface area contributed by atoms with Crippen molar-refractivity contribution < 1.29 is 23.5 Å². The molecule has 1 aromatic carbocycles. The second-order valence-electron chi connectivity index (χ2n) is 7.46. The van der Waals surface area contributed by atoms with Crippen molar-refractivity contribution >= 4 is 46.7 Å². The van der Waals surface area contributed by atoms with Crippen LogP contribution in [-0.4, -0.2) is 74.4 Å². The van der Waals surface area contributed by atoms with Crippen LogP contribution in [0.4, 0.5) is 20.7 Å². The van der Waals surface area contributed by atoms with E-state index in [2.05, 4.69) is 4.98 Å². The summed E-state index contributed by atoms with van der Waals surface area (Å²) in [5.41, 5.74) is 0.262. The summed E-state index contributed by atoms with van der Waals surface area (Å²) in [6, 6.07) is 5.29. The normalized spacial score (nSPS) is 18.8. The second kappa shape index (κ2) is 9.48. The van der Waals surface area contributed by atoms with Crippen LogP contribution in [0.3, 0.4) is 0 Å². The van der Waals surface area contributed by atoms with Gasteiger partial charge in [0, 0.05) is 45.0 Å². The Kier molecular flexibility index (Phi) is 6.68. The number of amides is 2. The summed E-state index contributed by atoms with van der Waals surface area (Å²) >= 11 is 12.1. The minimum Gasteiger partial charge on any atom is -0.447 e. The third-order valence-corrected chi connectivity index (χ3v) is 5.91. The zero-order valence-electron chi connectivity index (χ0n) is 17.3. The number of piperazine rings is 1. The van der Waals surface area contributed by atoms with Gasteiger partial charge in [0.15, 0.2) is 0 Å². The maximum atomic E-state index is 14.9. The van der Waals surface area contributed by atoms with E-state index >= 15 is 0 Å². The highest BCUT2D eigenvalue weighted by Crippen LogP contribution is 2.29. The average molecular weight is 483 g/mol. The zero-order chi connectivity index (χ0) is 22.8. The van der Waals surface area contributed by atoms with E-state index in [1.807, 2.05) is 4.90 Å². The predicted octanol–water partition coefficient (Wildman–Crippen LogP) is 3.46. The van der Waals surface area contributed by atoms with E-state index in [4.69, 9.17) is 32.7 Å². The van der Waals surface area contributed by atoms with E-state index in [9.17, 15) is 14.0 Å². The summed E-state index contributed by atoms with van der Waals surface area (Å²) < 4.78 is 25.0. The molecule has 0 aliphatic carbocycles. The number of ether oxygens (including phenoxy) is 2. The highest BCUT2D eigenvalue weighted by atomic mass is 35.5. The molecule has 0 spiro atoms. The van der Waals surface area contributed by atoms with Gasteiger partial charge in [0.05, 0.1) is 28.4 Å². The standard InChI is InChI=1S/C21H21Cl2FN4O4/c1-31-11-15-12-32-21(30)28(15)18-3-2-13(8-17(18)24)20(29)27-6-4-26(5-7-27)19-16(23)9-14(22)10-25-19/h2-3,8-10,15H,4-7,11-12H2,1H3. The topological polar surface area (TPSA) is 75.2 Å². The fourth-order valence-corrected chi connectivity index (χ4v) is 4.35. The maximum absolute atomic E-state index is 14.9. The molecule has 4 rings (SSSR count). The van der Waals surface area contributed by atoms with E-state index in [1.54, 1.807) is 11.0 Å². The number of benzene rings is 1. The monoisotopic (exact) mass is 482 g/mol. The van der Waals surface area contributed by atoms with Crippen molar-refractivity contribution in [3.8, 4) is 0 Å². The van der Waals surface area contributed by atoms with Crippen molar-refractivity contribution in [2.45, 2.75) is 6.04 Å². The van der Waals surface area contributed by atoms with Crippen LogP contribution >= 0.6 is 23.2 Å². The molecule has 0 radical (unpaired) electrons. The number of hydrogen-bond acceptors (Lipinski definition) is 6. The lowest BCUT2D eigenvalue weighted by atomic mass is 10.1. The number of halogens is 3. The first-order valence-electron chi connectivity index (χ1n) is 9.98. The molecule has 2 amide bonds. The smallest absolute Gasteiger partial charge is 0.414 e. The summed E-state index contributed by atoms with van der Waals surface area (Å²) in [5.74, 6) is -0.351. The average Bonchev–Trinajstić information content (AvgIpc) is 3.13. The van der Waals surface area contributed by atoms with Gasteiger partial charge in [-0.2, -0.15) is 0 Å². The lowest BCUT2D eigenvalue weighted by Gasteiger charge is -2.35. The number of hydrogen-bond donors (Lipinski definition) is 0. The van der Waals surface area contributed by atoms with E-state index in [-0.39, 0.29) is 30.4 Å². The van der Waals surface area contributed by atoms with Crippen molar-refractivity contribution in [2.75, 3.05) is 56.3 Å². The Labute approximate surface area is 194 Å². The molecule has 11 heteroatoms. The van der Waals surface area contributed by atoms with Crippen molar-refractivity contribution in [3.05, 3.63) is 51.9 Å². The van der Waals surface area contributed by atoms with Gasteiger partial charge in [0.1, 0.15) is 18.2 Å². The Bertz CT molecular complexity index is 1030. The first-order valence-corrected chi connectivity index (χ1v) is 10.7. The molecule has 2 saturated heterocycles. The lowest BCUT2D eigenvalue weighted by molar-refractivity contribution is 0.0746. The van der Waals surface area contributed by atoms with Crippen LogP contribution in [0.5, 0.6) is 0 Å². The Morgan fingerprint density at radius 3 is 2.66 bits per heavy atom. The van der Waals surface area contributed by atoms with Crippen LogP contribution in [0.15, 0.2) is 30.5 Å². The molecule has 1 atom stereocenters. The Morgan fingerprint density at radius 1 is 1.25 bits per heavy atom. The number of rotatable bonds is 5. The highest BCUT2D eigenvalue weighted by molar-refractivity contribution is 6.36. The summed E-state index contributed by atoms with van der Waals surface area (Å²) in [5, 5.41) is 0.899. The first kappa shape index (κ1) is 22.6. The number of anilines is 2. The predicted molar refractivity (Wildman–Crippen MR) is 118 cm³/mol. The van der Waals surface area contributed by atoms with Crippen molar-refractivity contribution in [1.82, 2.24) is 9.88 Å². The third kappa shape index (κ3) is 4.46. The number of aromatic nitrogens is 1. The van der Waals surface area contributed by atoms with Crippen molar-refractivity contribution in [2.24, 2.45) is 0 Å². The van der Waals surface area contributed by atoms with Gasteiger partial charge >= 0.3 is 6.09 Å². The van der Waals surface area contributed by atoms with Crippen LogP contribution in [-0.2, 0) is 9.47 Å². The molecule has 2 aromatic rings. The van der Waals surface area contributed by atoms with Crippen molar-refractivity contribution in [1.29, 1.82) is 0 Å². The van der Waals surface area contributed by atoms with Crippen LogP contribution < -0.4 is 9.80 Å². The molecule has 0 saturated carbocycles. The largest absolute Gasteiger partial charge is 0.447 e. The lowest BCUT2D eigenvalue weighted by Crippen LogP contribution is -2.49. The van der Waals surface area contributed by atoms with Gasteiger partial charge in [0.25, 0.3) is 5.91 Å². The summed E-state index contributed by atoms with van der Waals surface area (Å²) in [6.45, 7) is 2.23. The number of methoxy groups -OCH3 is 1. The molecule has 0 bridgehead atoms. The number of cyclic esters (lactones) is 1. The van der Waals surface area contributed by atoms with E-state index in [1.165, 1.54) is 30.3 Å². The maximum Gasteiger partial charge on any atom is 0.414 e. The Balaban J connectivity index is 1.44. The molecule has 2 aliphatic rings. The molecular weight excluding hydrogens is 462 g/mol. The molecule has 2 fully saturated rings. The molecule has 170 valence electrons. The number of carbonyl (C=O) groups excluding carboxylic acids is 2. The van der Waals surface area contributed by atoms with Gasteiger partial charge in [-0.05, 0) is 24.3 Å². The summed E-state index contributed by atoms with van der Waals surface area (Å²) in [4.78, 5) is 34.1. The molecule has 3 heterocycles. The Hall–Kier alpha value is -2.62. The van der Waals surface area contributed by atoms with Crippen LogP contribution in [0.1, 0.15) is 10.4 Å². The number of pyridine rings is 1. The SMILES string of the molecule is COCC1COC(=O)N1c1ccc(C(=O)N2CCN(c3ncc(Cl)cc3Cl)CC2)cc1F. The van der Waals surface area contributed by atoms with Gasteiger partial charge < -0.3 is 19.3 Å². The van der Waals surface area contributed by atoms with Crippen LogP contribution in [0.25, 0.3) is 0 Å². The molecule has 32 heavy (non-hydrogen) atoms. The molecule has 1 unspecified atom stereocenters. The fourth-order valence-electron chi connectivity index (χ4n) is 3.85. The minimum absolute atomic E-state index is 0.0550. The van der Waals surface area contributed by atoms with Gasteiger partial charge in [0.2, 0.25) is 0 Å².